The second-order valence-corrected chi connectivity index (χ2v) is 4.73. The fraction of sp³-hybridized carbons (Fsp3) is 0.462. The summed E-state index contributed by atoms with van der Waals surface area (Å²) in [6.07, 6.45) is -4.26. The van der Waals surface area contributed by atoms with Crippen LogP contribution in [0.1, 0.15) is 17.9 Å². The lowest BCUT2D eigenvalue weighted by Gasteiger charge is -2.20. The molecule has 0 saturated heterocycles. The molecule has 1 aromatic rings. The zero-order valence-corrected chi connectivity index (χ0v) is 10.5. The number of hydrogen-bond acceptors (Lipinski definition) is 2. The maximum atomic E-state index is 12.2. The molecule has 1 aliphatic rings. The molecular weight excluding hydrogens is 257 g/mol. The minimum atomic E-state index is -4.35. The van der Waals surface area contributed by atoms with Crippen LogP contribution in [0.15, 0.2) is 24.3 Å². The van der Waals surface area contributed by atoms with E-state index in [9.17, 15) is 18.0 Å². The number of alkyl halides is 3. The van der Waals surface area contributed by atoms with Crippen LogP contribution >= 0.6 is 0 Å². The highest BCUT2D eigenvalue weighted by molar-refractivity contribution is 5.78. The van der Waals surface area contributed by atoms with Gasteiger partial charge in [-0.05, 0) is 11.6 Å². The Morgan fingerprint density at radius 2 is 2.11 bits per heavy atom. The van der Waals surface area contributed by atoms with Crippen molar-refractivity contribution >= 4 is 11.6 Å². The molecule has 1 atom stereocenters. The van der Waals surface area contributed by atoms with Crippen LogP contribution in [0.2, 0.25) is 0 Å². The molecule has 19 heavy (non-hydrogen) atoms. The number of benzene rings is 1. The Morgan fingerprint density at radius 3 is 2.79 bits per heavy atom. The van der Waals surface area contributed by atoms with E-state index in [-0.39, 0.29) is 12.3 Å². The van der Waals surface area contributed by atoms with Gasteiger partial charge in [-0.1, -0.05) is 18.2 Å². The molecule has 0 aliphatic carbocycles. The van der Waals surface area contributed by atoms with Crippen LogP contribution in [0.5, 0.6) is 0 Å². The lowest BCUT2D eigenvalue weighted by atomic mass is 9.97. The molecule has 1 unspecified atom stereocenters. The normalized spacial score (nSPS) is 17.8. The smallest absolute Gasteiger partial charge is 0.384 e. The molecule has 1 N–H and O–H groups in total. The van der Waals surface area contributed by atoms with Crippen molar-refractivity contribution in [1.29, 1.82) is 0 Å². The number of anilines is 1. The molecule has 1 heterocycles. The fourth-order valence-electron chi connectivity index (χ4n) is 2.26. The van der Waals surface area contributed by atoms with Crippen molar-refractivity contribution < 1.29 is 18.0 Å². The average molecular weight is 272 g/mol. The highest BCUT2D eigenvalue weighted by Crippen LogP contribution is 2.33. The lowest BCUT2D eigenvalue weighted by Crippen LogP contribution is -2.36. The molecule has 0 spiro atoms. The lowest BCUT2D eigenvalue weighted by molar-refractivity contribution is -0.158. The summed E-state index contributed by atoms with van der Waals surface area (Å²) in [5.41, 5.74) is 1.95. The average Bonchev–Trinajstić information content (AvgIpc) is 2.70. The Hall–Kier alpha value is -1.72. The Labute approximate surface area is 109 Å². The summed E-state index contributed by atoms with van der Waals surface area (Å²) >= 11 is 0. The molecule has 2 rings (SSSR count). The molecule has 1 aliphatic heterocycles. The van der Waals surface area contributed by atoms with Crippen molar-refractivity contribution in [1.82, 2.24) is 4.90 Å². The van der Waals surface area contributed by atoms with Gasteiger partial charge in [-0.15, -0.1) is 0 Å². The largest absolute Gasteiger partial charge is 0.406 e. The van der Waals surface area contributed by atoms with Crippen molar-refractivity contribution in [3.8, 4) is 0 Å². The summed E-state index contributed by atoms with van der Waals surface area (Å²) in [5.74, 6) is -0.541. The van der Waals surface area contributed by atoms with Crippen LogP contribution < -0.4 is 5.32 Å². The van der Waals surface area contributed by atoms with Gasteiger partial charge < -0.3 is 10.2 Å². The van der Waals surface area contributed by atoms with E-state index in [4.69, 9.17) is 0 Å². The maximum Gasteiger partial charge on any atom is 0.406 e. The third-order valence-electron chi connectivity index (χ3n) is 3.20. The molecule has 0 bridgehead atoms. The second-order valence-electron chi connectivity index (χ2n) is 4.73. The number of carbonyl (C=O) groups is 1. The van der Waals surface area contributed by atoms with Gasteiger partial charge in [0.2, 0.25) is 5.91 Å². The quantitative estimate of drug-likeness (QED) is 0.917. The Balaban J connectivity index is 1.97. The summed E-state index contributed by atoms with van der Waals surface area (Å²) in [6, 6.07) is 7.55. The fourth-order valence-corrected chi connectivity index (χ4v) is 2.26. The summed E-state index contributed by atoms with van der Waals surface area (Å²) in [5, 5.41) is 3.15. The third-order valence-corrected chi connectivity index (χ3v) is 3.20. The van der Waals surface area contributed by atoms with Gasteiger partial charge in [-0.3, -0.25) is 4.79 Å². The number of fused-ring (bicyclic) bond motifs is 1. The van der Waals surface area contributed by atoms with E-state index in [0.717, 1.165) is 16.2 Å². The molecule has 3 nitrogen and oxygen atoms in total. The topological polar surface area (TPSA) is 32.3 Å². The number of halogens is 3. The molecule has 104 valence electrons. The second kappa shape index (κ2) is 5.11. The van der Waals surface area contributed by atoms with Gasteiger partial charge in [0, 0.05) is 31.6 Å². The van der Waals surface area contributed by atoms with E-state index in [1.165, 1.54) is 7.05 Å². The molecule has 0 saturated carbocycles. The van der Waals surface area contributed by atoms with Crippen LogP contribution in [0.4, 0.5) is 18.9 Å². The zero-order valence-electron chi connectivity index (χ0n) is 10.5. The molecule has 0 aromatic heterocycles. The van der Waals surface area contributed by atoms with E-state index in [0.29, 0.717) is 6.54 Å². The van der Waals surface area contributed by atoms with Gasteiger partial charge in [0.05, 0.1) is 0 Å². The van der Waals surface area contributed by atoms with Crippen molar-refractivity contribution in [3.05, 3.63) is 29.8 Å². The summed E-state index contributed by atoms with van der Waals surface area (Å²) in [7, 11) is 1.18. The zero-order chi connectivity index (χ0) is 14.0. The molecule has 0 fully saturated rings. The maximum absolute atomic E-state index is 12.2. The number of carbonyl (C=O) groups excluding carboxylic acids is 1. The predicted octanol–water partition coefficient (Wildman–Crippen LogP) is 2.61. The van der Waals surface area contributed by atoms with Crippen LogP contribution in [0.3, 0.4) is 0 Å². The Bertz CT molecular complexity index is 473. The van der Waals surface area contributed by atoms with E-state index in [1.54, 1.807) is 0 Å². The Morgan fingerprint density at radius 1 is 1.42 bits per heavy atom. The van der Waals surface area contributed by atoms with Gasteiger partial charge >= 0.3 is 6.18 Å². The summed E-state index contributed by atoms with van der Waals surface area (Å²) in [4.78, 5) is 12.5. The van der Waals surface area contributed by atoms with E-state index in [1.807, 2.05) is 24.3 Å². The van der Waals surface area contributed by atoms with Crippen molar-refractivity contribution in [3.63, 3.8) is 0 Å². The van der Waals surface area contributed by atoms with Crippen molar-refractivity contribution in [2.45, 2.75) is 18.5 Å². The molecule has 1 amide bonds. The van der Waals surface area contributed by atoms with E-state index in [2.05, 4.69) is 5.32 Å². The van der Waals surface area contributed by atoms with Crippen LogP contribution in [0, 0.1) is 0 Å². The first-order valence-corrected chi connectivity index (χ1v) is 6.00. The van der Waals surface area contributed by atoms with E-state index >= 15 is 0 Å². The monoisotopic (exact) mass is 272 g/mol. The van der Waals surface area contributed by atoms with Crippen LogP contribution in [-0.2, 0) is 4.79 Å². The first kappa shape index (κ1) is 13.7. The van der Waals surface area contributed by atoms with Crippen LogP contribution in [-0.4, -0.2) is 37.1 Å². The number of rotatable bonds is 3. The highest BCUT2D eigenvalue weighted by atomic mass is 19.4. The summed E-state index contributed by atoms with van der Waals surface area (Å²) in [6.45, 7) is -0.613. The molecular formula is C13H15F3N2O. The van der Waals surface area contributed by atoms with E-state index < -0.39 is 18.6 Å². The number of para-hydroxylation sites is 1. The van der Waals surface area contributed by atoms with Gasteiger partial charge in [0.25, 0.3) is 0 Å². The van der Waals surface area contributed by atoms with Crippen molar-refractivity contribution in [2.75, 3.05) is 25.5 Å². The van der Waals surface area contributed by atoms with Crippen LogP contribution in [0.25, 0.3) is 0 Å². The first-order valence-electron chi connectivity index (χ1n) is 6.00. The minimum absolute atomic E-state index is 0.0561. The van der Waals surface area contributed by atoms with Gasteiger partial charge in [0.1, 0.15) is 6.54 Å². The number of amides is 1. The number of nitrogens with one attached hydrogen (secondary N) is 1. The summed E-state index contributed by atoms with van der Waals surface area (Å²) < 4.78 is 36.6. The Kier molecular flexibility index (Phi) is 3.68. The highest BCUT2D eigenvalue weighted by Gasteiger charge is 2.32. The number of hydrogen-bond donors (Lipinski definition) is 1. The SMILES string of the molecule is CN(CC(F)(F)F)C(=O)CC1CNc2ccccc21. The minimum Gasteiger partial charge on any atom is -0.384 e. The van der Waals surface area contributed by atoms with Gasteiger partial charge in [0.15, 0.2) is 0 Å². The molecule has 6 heteroatoms. The van der Waals surface area contributed by atoms with Crippen molar-refractivity contribution in [2.24, 2.45) is 0 Å². The third kappa shape index (κ3) is 3.39. The van der Waals surface area contributed by atoms with Gasteiger partial charge in [-0.25, -0.2) is 0 Å². The molecule has 1 aromatic carbocycles. The number of nitrogens with zero attached hydrogens (tertiary/aromatic N) is 1. The standard InChI is InChI=1S/C13H15F3N2O/c1-18(8-13(14,15)16)12(19)6-9-7-17-11-5-3-2-4-10(9)11/h2-5,9,17H,6-8H2,1H3. The molecule has 0 radical (unpaired) electrons. The predicted molar refractivity (Wildman–Crippen MR) is 66.0 cm³/mol. The first-order chi connectivity index (χ1) is 8.87. The van der Waals surface area contributed by atoms with Gasteiger partial charge in [-0.2, -0.15) is 13.2 Å².